The SMILES string of the molecule is [2H]C([2H])([2H])N1C(=O)c2cccc(OC(F)F)c2[C@H]2C[C@@H]1c1nc3ccc(C#CC4CCNC4)cc3n12. The predicted molar refractivity (Wildman–Crippen MR) is 118 cm³/mol. The fourth-order valence-corrected chi connectivity index (χ4v) is 5.15. The van der Waals surface area contributed by atoms with Crippen molar-refractivity contribution in [2.75, 3.05) is 20.1 Å². The maximum Gasteiger partial charge on any atom is 0.387 e. The van der Waals surface area contributed by atoms with E-state index in [0.29, 0.717) is 16.9 Å². The van der Waals surface area contributed by atoms with Crippen LogP contribution in [0.5, 0.6) is 5.75 Å². The first-order valence-corrected chi connectivity index (χ1v) is 10.9. The summed E-state index contributed by atoms with van der Waals surface area (Å²) in [6.07, 6.45) is 1.17. The Kier molecular flexibility index (Phi) is 3.92. The summed E-state index contributed by atoms with van der Waals surface area (Å²) in [5, 5.41) is 3.29. The summed E-state index contributed by atoms with van der Waals surface area (Å²) in [4.78, 5) is 19.0. The van der Waals surface area contributed by atoms with Crippen LogP contribution in [0.4, 0.5) is 8.78 Å². The third-order valence-corrected chi connectivity index (χ3v) is 6.63. The first kappa shape index (κ1) is 17.1. The largest absolute Gasteiger partial charge is 0.434 e. The van der Waals surface area contributed by atoms with Crippen molar-refractivity contribution >= 4 is 16.9 Å². The van der Waals surface area contributed by atoms with Crippen molar-refractivity contribution in [3.63, 3.8) is 0 Å². The van der Waals surface area contributed by atoms with Crippen molar-refractivity contribution in [3.05, 3.63) is 58.9 Å². The Bertz CT molecular complexity index is 1440. The normalized spacial score (nSPS) is 25.1. The Labute approximate surface area is 193 Å². The average Bonchev–Trinajstić information content (AvgIpc) is 3.51. The predicted octanol–water partition coefficient (Wildman–Crippen LogP) is 3.72. The third kappa shape index (κ3) is 3.18. The van der Waals surface area contributed by atoms with Gasteiger partial charge in [0.2, 0.25) is 0 Å². The number of halogens is 2. The number of fused-ring (bicyclic) bond motifs is 9. The second-order valence-electron chi connectivity index (χ2n) is 8.54. The minimum atomic E-state index is -3.10. The summed E-state index contributed by atoms with van der Waals surface area (Å²) in [6, 6.07) is 8.35. The maximum atomic E-state index is 13.5. The van der Waals surface area contributed by atoms with Gasteiger partial charge >= 0.3 is 6.61 Å². The van der Waals surface area contributed by atoms with E-state index in [1.807, 2.05) is 22.8 Å². The van der Waals surface area contributed by atoms with E-state index in [1.54, 1.807) is 0 Å². The molecule has 1 fully saturated rings. The summed E-state index contributed by atoms with van der Waals surface area (Å²) in [5.41, 5.74) is 2.37. The zero-order valence-electron chi connectivity index (χ0n) is 20.5. The highest BCUT2D eigenvalue weighted by molar-refractivity contribution is 5.97. The molecule has 1 unspecified atom stereocenters. The van der Waals surface area contributed by atoms with Gasteiger partial charge in [-0.3, -0.25) is 4.79 Å². The van der Waals surface area contributed by atoms with Crippen LogP contribution in [0.2, 0.25) is 0 Å². The lowest BCUT2D eigenvalue weighted by Gasteiger charge is -2.24. The number of hydrogen-bond acceptors (Lipinski definition) is 4. The van der Waals surface area contributed by atoms with Crippen LogP contribution in [0.25, 0.3) is 11.0 Å². The molecule has 1 N–H and O–H groups in total. The van der Waals surface area contributed by atoms with E-state index in [9.17, 15) is 13.6 Å². The number of carbonyl (C=O) groups is 1. The van der Waals surface area contributed by atoms with Gasteiger partial charge in [0.1, 0.15) is 11.6 Å². The summed E-state index contributed by atoms with van der Waals surface area (Å²) >= 11 is 0. The lowest BCUT2D eigenvalue weighted by atomic mass is 9.97. The second-order valence-corrected chi connectivity index (χ2v) is 8.54. The average molecular weight is 451 g/mol. The zero-order chi connectivity index (χ0) is 25.2. The van der Waals surface area contributed by atoms with Crippen LogP contribution in [-0.2, 0) is 0 Å². The molecule has 1 aromatic heterocycles. The highest BCUT2D eigenvalue weighted by Gasteiger charge is 2.45. The molecular weight excluding hydrogens is 426 g/mol. The summed E-state index contributed by atoms with van der Waals surface area (Å²) in [6.45, 7) is -4.06. The van der Waals surface area contributed by atoms with Crippen LogP contribution in [0, 0.1) is 17.8 Å². The molecule has 3 aromatic rings. The Morgan fingerprint density at radius 1 is 1.30 bits per heavy atom. The molecule has 2 aromatic carbocycles. The number of hydrogen-bond donors (Lipinski definition) is 1. The van der Waals surface area contributed by atoms with Crippen LogP contribution in [0.3, 0.4) is 0 Å². The maximum absolute atomic E-state index is 13.5. The van der Waals surface area contributed by atoms with Crippen LogP contribution in [-0.4, -0.2) is 47.0 Å². The molecule has 4 heterocycles. The highest BCUT2D eigenvalue weighted by atomic mass is 19.3. The summed E-state index contributed by atoms with van der Waals surface area (Å²) < 4.78 is 57.5. The number of alkyl halides is 2. The van der Waals surface area contributed by atoms with E-state index in [0.717, 1.165) is 30.0 Å². The van der Waals surface area contributed by atoms with Crippen LogP contribution >= 0.6 is 0 Å². The molecule has 168 valence electrons. The molecule has 0 aliphatic carbocycles. The van der Waals surface area contributed by atoms with Crippen molar-refractivity contribution in [1.29, 1.82) is 0 Å². The Morgan fingerprint density at radius 3 is 3.00 bits per heavy atom. The highest BCUT2D eigenvalue weighted by Crippen LogP contribution is 2.49. The van der Waals surface area contributed by atoms with Crippen molar-refractivity contribution in [1.82, 2.24) is 19.8 Å². The van der Waals surface area contributed by atoms with Crippen LogP contribution < -0.4 is 10.1 Å². The molecule has 0 radical (unpaired) electrons. The van der Waals surface area contributed by atoms with Gasteiger partial charge in [-0.25, -0.2) is 4.98 Å². The van der Waals surface area contributed by atoms with E-state index < -0.39 is 31.6 Å². The van der Waals surface area contributed by atoms with Gasteiger partial charge in [0, 0.05) is 46.7 Å². The lowest BCUT2D eigenvalue weighted by Crippen LogP contribution is -2.30. The number of carbonyl (C=O) groups excluding carboxylic acids is 1. The third-order valence-electron chi connectivity index (χ3n) is 6.63. The molecule has 6 rings (SSSR count). The molecular formula is C25H22F2N4O2. The van der Waals surface area contributed by atoms with Crippen LogP contribution in [0.15, 0.2) is 36.4 Å². The van der Waals surface area contributed by atoms with Gasteiger partial charge in [0.15, 0.2) is 0 Å². The lowest BCUT2D eigenvalue weighted by molar-refractivity contribution is -0.0507. The summed E-state index contributed by atoms with van der Waals surface area (Å²) in [5.74, 6) is 6.28. The molecule has 3 aliphatic rings. The molecule has 6 nitrogen and oxygen atoms in total. The number of rotatable bonds is 2. The molecule has 1 saturated heterocycles. The number of amides is 1. The van der Waals surface area contributed by atoms with E-state index in [2.05, 4.69) is 22.1 Å². The second kappa shape index (κ2) is 7.56. The molecule has 8 heteroatoms. The van der Waals surface area contributed by atoms with Crippen molar-refractivity contribution in [2.24, 2.45) is 5.92 Å². The quantitative estimate of drug-likeness (QED) is 0.604. The van der Waals surface area contributed by atoms with Gasteiger partial charge in [0.05, 0.1) is 23.1 Å². The number of nitrogens with zero attached hydrogens (tertiary/aromatic N) is 3. The van der Waals surface area contributed by atoms with Crippen LogP contribution in [0.1, 0.15) is 56.3 Å². The molecule has 33 heavy (non-hydrogen) atoms. The Balaban J connectivity index is 1.56. The molecule has 3 aliphatic heterocycles. The fourth-order valence-electron chi connectivity index (χ4n) is 5.15. The van der Waals surface area contributed by atoms with Gasteiger partial charge in [0.25, 0.3) is 5.91 Å². The molecule has 0 saturated carbocycles. The van der Waals surface area contributed by atoms with E-state index >= 15 is 0 Å². The number of nitrogens with one attached hydrogen (secondary N) is 1. The minimum Gasteiger partial charge on any atom is -0.434 e. The molecule has 0 spiro atoms. The van der Waals surface area contributed by atoms with Crippen molar-refractivity contribution < 1.29 is 22.4 Å². The Hall–Kier alpha value is -3.44. The number of imidazole rings is 1. The standard InChI is InChI=1S/C25H22F2N4O2/c1-30-20-12-19(22-16(24(30)32)3-2-4-21(22)33-25(26)27)31-18-11-14(5-6-15-9-10-28-13-15)7-8-17(18)29-23(20)31/h2-4,7-8,11,15,19-20,25,28H,9-10,12-13H2,1H3/t15?,19-,20-/m1/s1/i1D3. The number of ether oxygens (including phenoxy) is 1. The fraction of sp³-hybridized carbons (Fsp3) is 0.360. The molecule has 2 bridgehead atoms. The monoisotopic (exact) mass is 451 g/mol. The first-order valence-electron chi connectivity index (χ1n) is 12.4. The molecule has 3 atom stereocenters. The van der Waals surface area contributed by atoms with Gasteiger partial charge < -0.3 is 19.5 Å². The minimum absolute atomic E-state index is 0.0361. The van der Waals surface area contributed by atoms with Gasteiger partial charge in [-0.2, -0.15) is 8.78 Å². The number of aromatic nitrogens is 2. The molecule has 1 amide bonds. The van der Waals surface area contributed by atoms with Gasteiger partial charge in [-0.15, -0.1) is 0 Å². The van der Waals surface area contributed by atoms with E-state index in [4.69, 9.17) is 8.85 Å². The van der Waals surface area contributed by atoms with Gasteiger partial charge in [-0.05, 0) is 43.3 Å². The zero-order valence-corrected chi connectivity index (χ0v) is 17.5. The van der Waals surface area contributed by atoms with Crippen molar-refractivity contribution in [2.45, 2.75) is 31.5 Å². The topological polar surface area (TPSA) is 59.4 Å². The first-order chi connectivity index (χ1) is 17.2. The van der Waals surface area contributed by atoms with Gasteiger partial charge in [-0.1, -0.05) is 17.9 Å². The number of benzene rings is 2. The van der Waals surface area contributed by atoms with E-state index in [1.165, 1.54) is 18.2 Å². The smallest absolute Gasteiger partial charge is 0.387 e. The Morgan fingerprint density at radius 2 is 2.21 bits per heavy atom. The van der Waals surface area contributed by atoms with Crippen molar-refractivity contribution in [3.8, 4) is 17.6 Å². The summed E-state index contributed by atoms with van der Waals surface area (Å²) in [7, 11) is 0. The van der Waals surface area contributed by atoms with E-state index in [-0.39, 0.29) is 29.2 Å².